The molecule has 0 aliphatic heterocycles. The van der Waals surface area contributed by atoms with Gasteiger partial charge in [0.2, 0.25) is 6.41 Å². The van der Waals surface area contributed by atoms with E-state index in [2.05, 4.69) is 10.4 Å². The molecule has 0 unspecified atom stereocenters. The normalized spacial score (nSPS) is 10.1. The Labute approximate surface area is 99.6 Å². The highest BCUT2D eigenvalue weighted by Gasteiger charge is 2.13. The van der Waals surface area contributed by atoms with E-state index >= 15 is 0 Å². The lowest BCUT2D eigenvalue weighted by Crippen LogP contribution is -2.35. The van der Waals surface area contributed by atoms with Gasteiger partial charge in [0.1, 0.15) is 0 Å². The third-order valence-corrected chi connectivity index (χ3v) is 2.34. The average molecular weight is 239 g/mol. The maximum atomic E-state index is 11.7. The number of nitrogens with one attached hydrogen (secondary N) is 1. The molecule has 0 saturated heterocycles. The van der Waals surface area contributed by atoms with E-state index in [1.165, 1.54) is 0 Å². The molecule has 0 bridgehead atoms. The molecule has 17 heavy (non-hydrogen) atoms. The van der Waals surface area contributed by atoms with E-state index < -0.39 is 6.03 Å². The third kappa shape index (κ3) is 3.56. The molecule has 0 fully saturated rings. The number of hydrogen-bond acceptors (Lipinski definition) is 4. The molecule has 1 aromatic rings. The average Bonchev–Trinajstić information content (AvgIpc) is 2.59. The fourth-order valence-corrected chi connectivity index (χ4v) is 1.27. The van der Waals surface area contributed by atoms with Gasteiger partial charge in [0.05, 0.1) is 0 Å². The van der Waals surface area contributed by atoms with Crippen molar-refractivity contribution in [3.8, 4) is 0 Å². The van der Waals surface area contributed by atoms with Crippen LogP contribution >= 0.6 is 0 Å². The van der Waals surface area contributed by atoms with Crippen LogP contribution in [0.5, 0.6) is 0 Å². The standard InChI is InChI=1S/C10H17N5O2/c1-8-6-9(13-14(8)2)12-10(17)15(7-16)5-3-4-11/h6-7H,3-5,11H2,1-2H3,(H,12,13,17). The van der Waals surface area contributed by atoms with Gasteiger partial charge in [0, 0.05) is 25.4 Å². The number of carbonyl (C=O) groups excluding carboxylic acids is 2. The van der Waals surface area contributed by atoms with E-state index in [9.17, 15) is 9.59 Å². The maximum absolute atomic E-state index is 11.7. The summed E-state index contributed by atoms with van der Waals surface area (Å²) in [6.07, 6.45) is 1.06. The second kappa shape index (κ2) is 6.00. The van der Waals surface area contributed by atoms with Gasteiger partial charge in [-0.2, -0.15) is 5.10 Å². The minimum absolute atomic E-state index is 0.303. The molecule has 0 spiro atoms. The third-order valence-electron chi connectivity index (χ3n) is 2.34. The summed E-state index contributed by atoms with van der Waals surface area (Å²) < 4.78 is 1.64. The molecule has 1 rings (SSSR count). The summed E-state index contributed by atoms with van der Waals surface area (Å²) in [4.78, 5) is 23.4. The van der Waals surface area contributed by atoms with Gasteiger partial charge in [-0.05, 0) is 19.9 Å². The number of anilines is 1. The lowest BCUT2D eigenvalue weighted by Gasteiger charge is -2.14. The quantitative estimate of drug-likeness (QED) is 0.711. The topological polar surface area (TPSA) is 93.2 Å². The second-order valence-electron chi connectivity index (χ2n) is 3.67. The number of nitrogens with two attached hydrogens (primary N) is 1. The van der Waals surface area contributed by atoms with Crippen LogP contribution in [0, 0.1) is 6.92 Å². The Morgan fingerprint density at radius 2 is 2.41 bits per heavy atom. The highest BCUT2D eigenvalue weighted by Crippen LogP contribution is 2.07. The minimum atomic E-state index is -0.494. The summed E-state index contributed by atoms with van der Waals surface area (Å²) >= 11 is 0. The highest BCUT2D eigenvalue weighted by molar-refractivity contribution is 5.94. The van der Waals surface area contributed by atoms with Gasteiger partial charge < -0.3 is 5.73 Å². The van der Waals surface area contributed by atoms with Crippen molar-refractivity contribution in [3.05, 3.63) is 11.8 Å². The van der Waals surface area contributed by atoms with Crippen LogP contribution in [0.2, 0.25) is 0 Å². The van der Waals surface area contributed by atoms with Gasteiger partial charge in [-0.25, -0.2) is 4.79 Å². The predicted molar refractivity (Wildman–Crippen MR) is 63.4 cm³/mol. The molecule has 1 heterocycles. The number of hydrogen-bond donors (Lipinski definition) is 2. The van der Waals surface area contributed by atoms with Gasteiger partial charge in [-0.15, -0.1) is 0 Å². The molecular weight excluding hydrogens is 222 g/mol. The lowest BCUT2D eigenvalue weighted by atomic mass is 10.4. The zero-order valence-corrected chi connectivity index (χ0v) is 10.0. The van der Waals surface area contributed by atoms with E-state index in [-0.39, 0.29) is 0 Å². The number of rotatable bonds is 5. The summed E-state index contributed by atoms with van der Waals surface area (Å²) in [7, 11) is 1.77. The fraction of sp³-hybridized carbons (Fsp3) is 0.500. The summed E-state index contributed by atoms with van der Waals surface area (Å²) in [5, 5.41) is 6.61. The van der Waals surface area contributed by atoms with E-state index in [0.29, 0.717) is 31.7 Å². The van der Waals surface area contributed by atoms with Gasteiger partial charge in [-0.1, -0.05) is 0 Å². The lowest BCUT2D eigenvalue weighted by molar-refractivity contribution is -0.115. The van der Waals surface area contributed by atoms with E-state index in [1.54, 1.807) is 17.8 Å². The molecule has 94 valence electrons. The van der Waals surface area contributed by atoms with Crippen LogP contribution in [-0.2, 0) is 11.8 Å². The van der Waals surface area contributed by atoms with Crippen molar-refractivity contribution in [2.75, 3.05) is 18.4 Å². The highest BCUT2D eigenvalue weighted by atomic mass is 16.2. The Hall–Kier alpha value is -1.89. The first-order valence-corrected chi connectivity index (χ1v) is 5.32. The molecule has 0 radical (unpaired) electrons. The van der Waals surface area contributed by atoms with Crippen molar-refractivity contribution in [1.82, 2.24) is 14.7 Å². The molecule has 0 saturated carbocycles. The Morgan fingerprint density at radius 3 is 2.88 bits per heavy atom. The summed E-state index contributed by atoms with van der Waals surface area (Å²) in [6, 6.07) is 1.23. The monoisotopic (exact) mass is 239 g/mol. The zero-order chi connectivity index (χ0) is 12.8. The van der Waals surface area contributed by atoms with Crippen molar-refractivity contribution in [1.29, 1.82) is 0 Å². The van der Waals surface area contributed by atoms with Gasteiger partial charge in [-0.3, -0.25) is 19.7 Å². The number of imide groups is 1. The SMILES string of the molecule is Cc1cc(NC(=O)N(C=O)CCCN)nn1C. The largest absolute Gasteiger partial charge is 0.330 e. The van der Waals surface area contributed by atoms with Gasteiger partial charge in [0.25, 0.3) is 0 Å². The number of amides is 3. The first-order chi connectivity index (χ1) is 8.08. The van der Waals surface area contributed by atoms with Crippen molar-refractivity contribution < 1.29 is 9.59 Å². The van der Waals surface area contributed by atoms with Crippen molar-refractivity contribution in [3.63, 3.8) is 0 Å². The van der Waals surface area contributed by atoms with Crippen LogP contribution in [-0.4, -0.2) is 40.2 Å². The number of nitrogens with zero attached hydrogens (tertiary/aromatic N) is 3. The van der Waals surface area contributed by atoms with Crippen LogP contribution in [0.15, 0.2) is 6.07 Å². The molecule has 3 N–H and O–H groups in total. The molecule has 7 nitrogen and oxygen atoms in total. The Bertz CT molecular complexity index is 382. The van der Waals surface area contributed by atoms with Crippen LogP contribution in [0.4, 0.5) is 10.6 Å². The van der Waals surface area contributed by atoms with Crippen LogP contribution in [0.3, 0.4) is 0 Å². The summed E-state index contributed by atoms with van der Waals surface area (Å²) in [6.45, 7) is 2.60. The van der Waals surface area contributed by atoms with E-state index in [1.807, 2.05) is 6.92 Å². The smallest absolute Gasteiger partial charge is 0.329 e. The molecule has 0 aliphatic rings. The number of urea groups is 1. The van der Waals surface area contributed by atoms with Crippen molar-refractivity contribution in [2.24, 2.45) is 12.8 Å². The molecule has 1 aromatic heterocycles. The van der Waals surface area contributed by atoms with Gasteiger partial charge in [0.15, 0.2) is 5.82 Å². The van der Waals surface area contributed by atoms with Crippen LogP contribution in [0.1, 0.15) is 12.1 Å². The number of aryl methyl sites for hydroxylation is 2. The minimum Gasteiger partial charge on any atom is -0.330 e. The second-order valence-corrected chi connectivity index (χ2v) is 3.67. The molecule has 0 aromatic carbocycles. The zero-order valence-electron chi connectivity index (χ0n) is 10.0. The molecule has 0 atom stereocenters. The summed E-state index contributed by atoms with van der Waals surface area (Å²) in [5.74, 6) is 0.426. The number of aromatic nitrogens is 2. The first-order valence-electron chi connectivity index (χ1n) is 5.32. The molecule has 7 heteroatoms. The Balaban J connectivity index is 2.60. The van der Waals surface area contributed by atoms with E-state index in [0.717, 1.165) is 10.6 Å². The Kier molecular flexibility index (Phi) is 4.65. The van der Waals surface area contributed by atoms with Gasteiger partial charge >= 0.3 is 6.03 Å². The van der Waals surface area contributed by atoms with Crippen molar-refractivity contribution in [2.45, 2.75) is 13.3 Å². The van der Waals surface area contributed by atoms with E-state index in [4.69, 9.17) is 5.73 Å². The fourth-order valence-electron chi connectivity index (χ4n) is 1.27. The van der Waals surface area contributed by atoms with Crippen molar-refractivity contribution >= 4 is 18.3 Å². The maximum Gasteiger partial charge on any atom is 0.329 e. The van der Waals surface area contributed by atoms with Crippen LogP contribution < -0.4 is 11.1 Å². The predicted octanol–water partition coefficient (Wildman–Crippen LogP) is 0.0676. The summed E-state index contributed by atoms with van der Waals surface area (Å²) in [5.41, 5.74) is 6.23. The molecule has 0 aliphatic carbocycles. The molecular formula is C10H17N5O2. The first kappa shape index (κ1) is 13.2. The Morgan fingerprint density at radius 1 is 1.71 bits per heavy atom. The van der Waals surface area contributed by atoms with Crippen LogP contribution in [0.25, 0.3) is 0 Å². The number of carbonyl (C=O) groups is 2. The molecule has 3 amide bonds.